The van der Waals surface area contributed by atoms with Gasteiger partial charge in [-0.2, -0.15) is 5.10 Å². The molecule has 2 rings (SSSR count). The van der Waals surface area contributed by atoms with Crippen molar-refractivity contribution in [2.45, 2.75) is 39.7 Å². The number of Topliss-reactive ketones (excluding diaryl/α,β-unsaturated/α-hetero) is 1. The van der Waals surface area contributed by atoms with Crippen LogP contribution in [0.3, 0.4) is 0 Å². The Morgan fingerprint density at radius 1 is 1.56 bits per heavy atom. The molecule has 0 saturated carbocycles. The van der Waals surface area contributed by atoms with E-state index in [1.54, 1.807) is 6.92 Å². The zero-order valence-electron chi connectivity index (χ0n) is 11.6. The molecule has 1 aliphatic rings. The Balaban J connectivity index is 2.02. The van der Waals surface area contributed by atoms with Crippen LogP contribution in [0.4, 0.5) is 0 Å². The smallest absolute Gasteiger partial charge is 0.134 e. The van der Waals surface area contributed by atoms with Gasteiger partial charge < -0.3 is 0 Å². The van der Waals surface area contributed by atoms with Gasteiger partial charge in [-0.15, -0.1) is 0 Å². The number of carbonyl (C=O) groups is 1. The minimum atomic E-state index is 0.237. The number of aryl methyl sites for hydroxylation is 2. The highest BCUT2D eigenvalue weighted by molar-refractivity contribution is 5.78. The van der Waals surface area contributed by atoms with Crippen LogP contribution < -0.4 is 0 Å². The maximum absolute atomic E-state index is 11.5. The monoisotopic (exact) mass is 249 g/mol. The lowest BCUT2D eigenvalue weighted by Crippen LogP contribution is -2.37. The third-order valence-electron chi connectivity index (χ3n) is 3.80. The highest BCUT2D eigenvalue weighted by Crippen LogP contribution is 2.20. The van der Waals surface area contributed by atoms with Gasteiger partial charge >= 0.3 is 0 Å². The van der Waals surface area contributed by atoms with Crippen LogP contribution in [-0.4, -0.2) is 33.6 Å². The van der Waals surface area contributed by atoms with E-state index in [-0.39, 0.29) is 5.92 Å². The maximum atomic E-state index is 11.5. The van der Waals surface area contributed by atoms with Gasteiger partial charge in [0.15, 0.2) is 0 Å². The number of hydrogen-bond donors (Lipinski definition) is 0. The summed E-state index contributed by atoms with van der Waals surface area (Å²) in [7, 11) is 1.97. The molecule has 0 N–H and O–H groups in total. The van der Waals surface area contributed by atoms with Crippen LogP contribution in [0, 0.1) is 5.92 Å². The maximum Gasteiger partial charge on any atom is 0.134 e. The molecular formula is C14H23N3O. The van der Waals surface area contributed by atoms with E-state index in [0.29, 0.717) is 5.78 Å². The van der Waals surface area contributed by atoms with Crippen molar-refractivity contribution in [2.24, 2.45) is 13.0 Å². The van der Waals surface area contributed by atoms with Gasteiger partial charge in [-0.25, -0.2) is 0 Å². The number of carbonyl (C=O) groups excluding carboxylic acids is 1. The molecule has 0 bridgehead atoms. The summed E-state index contributed by atoms with van der Waals surface area (Å²) in [6.45, 7) is 6.80. The lowest BCUT2D eigenvalue weighted by molar-refractivity contribution is -0.122. The van der Waals surface area contributed by atoms with E-state index in [2.05, 4.69) is 23.1 Å². The first-order valence-corrected chi connectivity index (χ1v) is 6.84. The van der Waals surface area contributed by atoms with Crippen molar-refractivity contribution in [1.82, 2.24) is 14.7 Å². The van der Waals surface area contributed by atoms with Crippen molar-refractivity contribution < 1.29 is 4.79 Å². The van der Waals surface area contributed by atoms with Gasteiger partial charge in [0, 0.05) is 37.8 Å². The number of likely N-dealkylation sites (tertiary alicyclic amines) is 1. The van der Waals surface area contributed by atoms with Gasteiger partial charge in [-0.1, -0.05) is 6.92 Å². The average molecular weight is 249 g/mol. The summed E-state index contributed by atoms with van der Waals surface area (Å²) in [5.41, 5.74) is 2.49. The van der Waals surface area contributed by atoms with Crippen molar-refractivity contribution in [3.05, 3.63) is 17.5 Å². The molecule has 18 heavy (non-hydrogen) atoms. The van der Waals surface area contributed by atoms with Crippen molar-refractivity contribution in [1.29, 1.82) is 0 Å². The van der Waals surface area contributed by atoms with Crippen LogP contribution in [0.25, 0.3) is 0 Å². The van der Waals surface area contributed by atoms with Gasteiger partial charge in [0.2, 0.25) is 0 Å². The largest absolute Gasteiger partial charge is 0.300 e. The van der Waals surface area contributed by atoms with E-state index < -0.39 is 0 Å². The second-order valence-electron chi connectivity index (χ2n) is 5.31. The molecule has 4 nitrogen and oxygen atoms in total. The molecule has 1 saturated heterocycles. The third kappa shape index (κ3) is 2.99. The summed E-state index contributed by atoms with van der Waals surface area (Å²) in [5.74, 6) is 0.571. The van der Waals surface area contributed by atoms with E-state index in [1.807, 2.05) is 11.7 Å². The molecule has 1 aromatic heterocycles. The summed E-state index contributed by atoms with van der Waals surface area (Å²) >= 11 is 0. The third-order valence-corrected chi connectivity index (χ3v) is 3.80. The SMILES string of the molecule is CCc1nn(C)cc1CN1CCCC(C(C)=O)C1. The van der Waals surface area contributed by atoms with Crippen molar-refractivity contribution >= 4 is 5.78 Å². The Hall–Kier alpha value is -1.16. The van der Waals surface area contributed by atoms with E-state index in [4.69, 9.17) is 0 Å². The Labute approximate surface area is 109 Å². The number of nitrogens with zero attached hydrogens (tertiary/aromatic N) is 3. The lowest BCUT2D eigenvalue weighted by atomic mass is 9.94. The highest BCUT2D eigenvalue weighted by atomic mass is 16.1. The first kappa shape index (κ1) is 13.3. The molecule has 0 spiro atoms. The normalized spacial score (nSPS) is 21.2. The Bertz CT molecular complexity index is 425. The zero-order chi connectivity index (χ0) is 13.1. The standard InChI is InChI=1S/C14H23N3O/c1-4-14-13(8-16(3)15-14)10-17-7-5-6-12(9-17)11(2)18/h8,12H,4-7,9-10H2,1-3H3. The molecule has 0 aromatic carbocycles. The molecule has 1 fully saturated rings. The van der Waals surface area contributed by atoms with E-state index in [1.165, 1.54) is 11.3 Å². The second-order valence-corrected chi connectivity index (χ2v) is 5.31. The summed E-state index contributed by atoms with van der Waals surface area (Å²) < 4.78 is 1.89. The molecule has 1 aliphatic heterocycles. The molecule has 0 aliphatic carbocycles. The molecule has 100 valence electrons. The number of hydrogen-bond acceptors (Lipinski definition) is 3. The van der Waals surface area contributed by atoms with Gasteiger partial charge in [0.1, 0.15) is 5.78 Å². The molecule has 1 atom stereocenters. The van der Waals surface area contributed by atoms with Gasteiger partial charge in [-0.05, 0) is 32.7 Å². The minimum Gasteiger partial charge on any atom is -0.300 e. The van der Waals surface area contributed by atoms with Gasteiger partial charge in [-0.3, -0.25) is 14.4 Å². The number of aromatic nitrogens is 2. The summed E-state index contributed by atoms with van der Waals surface area (Å²) in [4.78, 5) is 13.9. The quantitative estimate of drug-likeness (QED) is 0.816. The first-order valence-electron chi connectivity index (χ1n) is 6.84. The van der Waals surface area contributed by atoms with Crippen LogP contribution in [-0.2, 0) is 24.8 Å². The predicted molar refractivity (Wildman–Crippen MR) is 71.3 cm³/mol. The molecule has 1 unspecified atom stereocenters. The lowest BCUT2D eigenvalue weighted by Gasteiger charge is -2.31. The van der Waals surface area contributed by atoms with Gasteiger partial charge in [0.25, 0.3) is 0 Å². The molecular weight excluding hydrogens is 226 g/mol. The van der Waals surface area contributed by atoms with Gasteiger partial charge in [0.05, 0.1) is 5.69 Å². The summed E-state index contributed by atoms with van der Waals surface area (Å²) in [6.07, 6.45) is 5.27. The fourth-order valence-electron chi connectivity index (χ4n) is 2.79. The second kappa shape index (κ2) is 5.65. The first-order chi connectivity index (χ1) is 8.60. The van der Waals surface area contributed by atoms with Crippen LogP contribution in [0.1, 0.15) is 37.9 Å². The Morgan fingerprint density at radius 2 is 2.33 bits per heavy atom. The number of rotatable bonds is 4. The topological polar surface area (TPSA) is 38.1 Å². The molecule has 4 heteroatoms. The zero-order valence-corrected chi connectivity index (χ0v) is 11.6. The van der Waals surface area contributed by atoms with Crippen molar-refractivity contribution in [3.63, 3.8) is 0 Å². The summed E-state index contributed by atoms with van der Waals surface area (Å²) in [6, 6.07) is 0. The van der Waals surface area contributed by atoms with Crippen LogP contribution in [0.2, 0.25) is 0 Å². The van der Waals surface area contributed by atoms with Crippen LogP contribution >= 0.6 is 0 Å². The van der Waals surface area contributed by atoms with E-state index in [0.717, 1.165) is 38.9 Å². The van der Waals surface area contributed by atoms with Crippen LogP contribution in [0.5, 0.6) is 0 Å². The van der Waals surface area contributed by atoms with E-state index >= 15 is 0 Å². The van der Waals surface area contributed by atoms with Crippen molar-refractivity contribution in [3.8, 4) is 0 Å². The fraction of sp³-hybridized carbons (Fsp3) is 0.714. The van der Waals surface area contributed by atoms with E-state index in [9.17, 15) is 4.79 Å². The summed E-state index contributed by atoms with van der Waals surface area (Å²) in [5, 5.41) is 4.47. The molecule has 0 radical (unpaired) electrons. The fourth-order valence-corrected chi connectivity index (χ4v) is 2.79. The predicted octanol–water partition coefficient (Wildman–Crippen LogP) is 1.78. The Kier molecular flexibility index (Phi) is 4.17. The van der Waals surface area contributed by atoms with Crippen molar-refractivity contribution in [2.75, 3.05) is 13.1 Å². The molecule has 2 heterocycles. The minimum absolute atomic E-state index is 0.237. The molecule has 1 aromatic rings. The number of piperidine rings is 1. The van der Waals surface area contributed by atoms with Crippen LogP contribution in [0.15, 0.2) is 6.20 Å². The molecule has 0 amide bonds. The highest BCUT2D eigenvalue weighted by Gasteiger charge is 2.23. The number of ketones is 1. The average Bonchev–Trinajstić information content (AvgIpc) is 2.69. The Morgan fingerprint density at radius 3 is 3.00 bits per heavy atom.